The summed E-state index contributed by atoms with van der Waals surface area (Å²) in [7, 11) is 0. The van der Waals surface area contributed by atoms with E-state index >= 15 is 0 Å². The smallest absolute Gasteiger partial charge is 0.508 e. The third-order valence-corrected chi connectivity index (χ3v) is 1.78. The van der Waals surface area contributed by atoms with Gasteiger partial charge in [0.1, 0.15) is 17.2 Å². The van der Waals surface area contributed by atoms with Gasteiger partial charge in [-0.3, -0.25) is 0 Å². The second-order valence-electron chi connectivity index (χ2n) is 3.20. The summed E-state index contributed by atoms with van der Waals surface area (Å²) in [5, 5.41) is 25.5. The molecule has 0 amide bonds. The Labute approximate surface area is 104 Å². The van der Waals surface area contributed by atoms with Gasteiger partial charge in [-0.1, -0.05) is 24.3 Å². The van der Waals surface area contributed by atoms with E-state index in [4.69, 9.17) is 15.3 Å². The molecule has 0 bridgehead atoms. The van der Waals surface area contributed by atoms with Gasteiger partial charge in [-0.05, 0) is 24.3 Å². The number of phenolic OH excluding ortho intramolecular Hbond substituents is 2. The van der Waals surface area contributed by atoms with E-state index in [1.165, 1.54) is 18.2 Å². The van der Waals surface area contributed by atoms with Crippen LogP contribution >= 0.6 is 0 Å². The van der Waals surface area contributed by atoms with Crippen molar-refractivity contribution < 1.29 is 24.9 Å². The van der Waals surface area contributed by atoms with Gasteiger partial charge in [0, 0.05) is 6.07 Å². The average Bonchev–Trinajstić information content (AvgIpc) is 2.30. The molecule has 0 fully saturated rings. The molecule has 0 aliphatic heterocycles. The van der Waals surface area contributed by atoms with Crippen molar-refractivity contribution in [3.63, 3.8) is 0 Å². The van der Waals surface area contributed by atoms with Gasteiger partial charge >= 0.3 is 6.16 Å². The molecule has 0 radical (unpaired) electrons. The molecular formula is C13H12O5. The molecule has 2 aromatic carbocycles. The third kappa shape index (κ3) is 5.41. The van der Waals surface area contributed by atoms with Gasteiger partial charge in [0.05, 0.1) is 0 Å². The lowest BCUT2D eigenvalue weighted by Crippen LogP contribution is -2.02. The fourth-order valence-electron chi connectivity index (χ4n) is 1.08. The minimum Gasteiger partial charge on any atom is -0.508 e. The van der Waals surface area contributed by atoms with Crippen molar-refractivity contribution in [2.45, 2.75) is 0 Å². The van der Waals surface area contributed by atoms with Crippen LogP contribution in [0.3, 0.4) is 0 Å². The Hall–Kier alpha value is -2.69. The number of ether oxygens (including phenoxy) is 1. The second-order valence-corrected chi connectivity index (χ2v) is 3.20. The number of hydrogen-bond acceptors (Lipinski definition) is 4. The zero-order valence-electron chi connectivity index (χ0n) is 9.35. The third-order valence-electron chi connectivity index (χ3n) is 1.78. The summed E-state index contributed by atoms with van der Waals surface area (Å²) in [6.07, 6.45) is -1.29. The summed E-state index contributed by atoms with van der Waals surface area (Å²) < 4.78 is 4.33. The first kappa shape index (κ1) is 13.4. The van der Waals surface area contributed by atoms with Gasteiger partial charge in [0.15, 0.2) is 0 Å². The highest BCUT2D eigenvalue weighted by molar-refractivity contribution is 5.60. The molecule has 2 rings (SSSR count). The van der Waals surface area contributed by atoms with E-state index in [9.17, 15) is 4.79 Å². The van der Waals surface area contributed by atoms with Crippen LogP contribution in [0.5, 0.6) is 17.2 Å². The van der Waals surface area contributed by atoms with Gasteiger partial charge in [-0.25, -0.2) is 4.79 Å². The monoisotopic (exact) mass is 248 g/mol. The van der Waals surface area contributed by atoms with Crippen molar-refractivity contribution in [2.75, 3.05) is 0 Å². The summed E-state index contributed by atoms with van der Waals surface area (Å²) in [6.45, 7) is 0. The molecule has 0 aliphatic rings. The maximum Gasteiger partial charge on any atom is 0.511 e. The molecule has 18 heavy (non-hydrogen) atoms. The first-order valence-electron chi connectivity index (χ1n) is 5.02. The number of carboxylic acid groups (broad SMARTS) is 1. The molecule has 5 heteroatoms. The lowest BCUT2D eigenvalue weighted by atomic mass is 10.3. The van der Waals surface area contributed by atoms with Crippen LogP contribution in [0, 0.1) is 0 Å². The summed E-state index contributed by atoms with van der Waals surface area (Å²) >= 11 is 0. The number of aromatic hydroxyl groups is 2. The molecule has 3 N–H and O–H groups in total. The summed E-state index contributed by atoms with van der Waals surface area (Å²) in [5.74, 6) is 0.519. The van der Waals surface area contributed by atoms with Crippen molar-refractivity contribution in [1.82, 2.24) is 0 Å². The number of rotatable bonds is 1. The zero-order chi connectivity index (χ0) is 13.4. The maximum absolute atomic E-state index is 9.95. The summed E-state index contributed by atoms with van der Waals surface area (Å²) in [4.78, 5) is 9.95. The number of benzene rings is 2. The van der Waals surface area contributed by atoms with E-state index in [0.717, 1.165) is 0 Å². The molecule has 2 aromatic rings. The van der Waals surface area contributed by atoms with Gasteiger partial charge in [-0.2, -0.15) is 0 Å². The Kier molecular flexibility index (Phi) is 5.05. The second kappa shape index (κ2) is 6.80. The van der Waals surface area contributed by atoms with Crippen LogP contribution in [0.4, 0.5) is 4.79 Å². The van der Waals surface area contributed by atoms with Crippen molar-refractivity contribution in [2.24, 2.45) is 0 Å². The first-order chi connectivity index (χ1) is 8.58. The van der Waals surface area contributed by atoms with E-state index in [1.807, 2.05) is 0 Å². The highest BCUT2D eigenvalue weighted by Crippen LogP contribution is 2.14. The Morgan fingerprint density at radius 2 is 1.44 bits per heavy atom. The van der Waals surface area contributed by atoms with Crippen LogP contribution in [0.25, 0.3) is 0 Å². The van der Waals surface area contributed by atoms with Crippen LogP contribution in [0.1, 0.15) is 0 Å². The van der Waals surface area contributed by atoms with E-state index in [-0.39, 0.29) is 11.5 Å². The van der Waals surface area contributed by atoms with E-state index in [1.54, 1.807) is 36.4 Å². The van der Waals surface area contributed by atoms with Gasteiger partial charge in [0.2, 0.25) is 0 Å². The van der Waals surface area contributed by atoms with Crippen LogP contribution in [-0.2, 0) is 0 Å². The standard InChI is InChI=1S/C7H6O3.C6H6O2/c8-7(9)10-6-4-2-1-3-5-6;7-5-2-1-3-6(8)4-5/h1-5H,(H,8,9);1-4,7-8H. The lowest BCUT2D eigenvalue weighted by molar-refractivity contribution is 0.144. The highest BCUT2D eigenvalue weighted by atomic mass is 16.7. The Bertz CT molecular complexity index is 478. The summed E-state index contributed by atoms with van der Waals surface area (Å²) in [5.41, 5.74) is 0. The Balaban J connectivity index is 0.000000184. The maximum atomic E-state index is 9.95. The van der Waals surface area contributed by atoms with Gasteiger partial charge in [-0.15, -0.1) is 0 Å². The number of hydrogen-bond donors (Lipinski definition) is 3. The fraction of sp³-hybridized carbons (Fsp3) is 0. The lowest BCUT2D eigenvalue weighted by Gasteiger charge is -1.95. The number of para-hydroxylation sites is 1. The predicted molar refractivity (Wildman–Crippen MR) is 64.9 cm³/mol. The summed E-state index contributed by atoms with van der Waals surface area (Å²) in [6, 6.07) is 14.2. The predicted octanol–water partition coefficient (Wildman–Crippen LogP) is 2.84. The van der Waals surface area contributed by atoms with Crippen molar-refractivity contribution >= 4 is 6.16 Å². The Morgan fingerprint density at radius 1 is 0.889 bits per heavy atom. The largest absolute Gasteiger partial charge is 0.511 e. The Morgan fingerprint density at radius 3 is 1.83 bits per heavy atom. The zero-order valence-corrected chi connectivity index (χ0v) is 9.35. The normalized spacial score (nSPS) is 8.89. The molecule has 0 saturated heterocycles. The van der Waals surface area contributed by atoms with E-state index < -0.39 is 6.16 Å². The molecule has 0 aromatic heterocycles. The van der Waals surface area contributed by atoms with Crippen LogP contribution in [-0.4, -0.2) is 21.5 Å². The molecule has 0 saturated carbocycles. The molecule has 0 spiro atoms. The topological polar surface area (TPSA) is 87.0 Å². The van der Waals surface area contributed by atoms with Crippen molar-refractivity contribution in [3.8, 4) is 17.2 Å². The molecule has 0 unspecified atom stereocenters. The van der Waals surface area contributed by atoms with E-state index in [2.05, 4.69) is 4.74 Å². The first-order valence-corrected chi connectivity index (χ1v) is 5.02. The molecule has 0 aliphatic carbocycles. The highest BCUT2D eigenvalue weighted by Gasteiger charge is 1.96. The SMILES string of the molecule is O=C(O)Oc1ccccc1.Oc1cccc(O)c1. The minimum absolute atomic E-state index is 0.0880. The fourth-order valence-corrected chi connectivity index (χ4v) is 1.08. The molecular weight excluding hydrogens is 236 g/mol. The van der Waals surface area contributed by atoms with Gasteiger partial charge in [0.25, 0.3) is 0 Å². The minimum atomic E-state index is -1.29. The van der Waals surface area contributed by atoms with Crippen LogP contribution in [0.15, 0.2) is 54.6 Å². The van der Waals surface area contributed by atoms with Crippen molar-refractivity contribution in [1.29, 1.82) is 0 Å². The molecule has 0 atom stereocenters. The molecule has 5 nitrogen and oxygen atoms in total. The quantitative estimate of drug-likeness (QED) is 0.533. The van der Waals surface area contributed by atoms with Crippen molar-refractivity contribution in [3.05, 3.63) is 54.6 Å². The molecule has 94 valence electrons. The van der Waals surface area contributed by atoms with E-state index in [0.29, 0.717) is 5.75 Å². The average molecular weight is 248 g/mol. The molecule has 0 heterocycles. The number of phenols is 2. The van der Waals surface area contributed by atoms with Crippen LogP contribution < -0.4 is 4.74 Å². The number of carbonyl (C=O) groups is 1. The van der Waals surface area contributed by atoms with Gasteiger partial charge < -0.3 is 20.1 Å². The van der Waals surface area contributed by atoms with Crippen LogP contribution in [0.2, 0.25) is 0 Å².